The number of hydrogen-bond donors (Lipinski definition) is 0. The van der Waals surface area contributed by atoms with Crippen LogP contribution in [0.2, 0.25) is 10.0 Å². The van der Waals surface area contributed by atoms with E-state index in [0.29, 0.717) is 0 Å². The Balaban J connectivity index is 2.32. The third kappa shape index (κ3) is 2.83. The van der Waals surface area contributed by atoms with Gasteiger partial charge in [0.1, 0.15) is 0 Å². The lowest BCUT2D eigenvalue weighted by Gasteiger charge is -2.05. The van der Waals surface area contributed by atoms with Crippen molar-refractivity contribution >= 4 is 43.8 Å². The normalized spacial score (nSPS) is 10.7. The molecule has 0 aromatic heterocycles. The molecule has 0 saturated heterocycles. The zero-order chi connectivity index (χ0) is 11.5. The molecule has 0 bridgehead atoms. The summed E-state index contributed by atoms with van der Waals surface area (Å²) in [6.07, 6.45) is 0. The van der Waals surface area contributed by atoms with Gasteiger partial charge in [-0.15, -0.1) is 0 Å². The highest BCUT2D eigenvalue weighted by molar-refractivity contribution is 8.28. The fourth-order valence-electron chi connectivity index (χ4n) is 1.25. The van der Waals surface area contributed by atoms with Gasteiger partial charge >= 0.3 is 0 Å². The lowest BCUT2D eigenvalue weighted by atomic mass is 10.4. The van der Waals surface area contributed by atoms with Crippen molar-refractivity contribution in [1.29, 1.82) is 0 Å². The maximum Gasteiger partial charge on any atom is 0.0406 e. The monoisotopic (exact) mass is 286 g/mol. The summed E-state index contributed by atoms with van der Waals surface area (Å²) in [5, 5.41) is 1.46. The van der Waals surface area contributed by atoms with Crippen LogP contribution in [0.25, 0.3) is 0 Å². The molecule has 0 aliphatic rings. The molecule has 0 aliphatic carbocycles. The molecule has 16 heavy (non-hydrogen) atoms. The van der Waals surface area contributed by atoms with E-state index in [9.17, 15) is 0 Å². The van der Waals surface area contributed by atoms with Gasteiger partial charge in [-0.05, 0) is 59.7 Å². The van der Waals surface area contributed by atoms with Crippen LogP contribution in [0.5, 0.6) is 0 Å². The van der Waals surface area contributed by atoms with Gasteiger partial charge in [0.15, 0.2) is 0 Å². The molecule has 0 radical (unpaired) electrons. The third-order valence-corrected chi connectivity index (χ3v) is 5.11. The molecule has 0 spiro atoms. The Bertz CT molecular complexity index is 456. The molecule has 2 aromatic carbocycles. The first kappa shape index (κ1) is 12.1. The van der Waals surface area contributed by atoms with E-state index >= 15 is 0 Å². The molecule has 0 unspecified atom stereocenters. The molecule has 0 amide bonds. The average molecular weight is 287 g/mol. The summed E-state index contributed by atoms with van der Waals surface area (Å²) in [6.45, 7) is 0. The molecule has 0 atom stereocenters. The van der Waals surface area contributed by atoms with Crippen LogP contribution >= 0.6 is 23.2 Å². The van der Waals surface area contributed by atoms with Gasteiger partial charge in [-0.1, -0.05) is 32.7 Å². The summed E-state index contributed by atoms with van der Waals surface area (Å²) in [5.41, 5.74) is 0. The third-order valence-electron chi connectivity index (χ3n) is 2.06. The first-order chi connectivity index (χ1) is 7.66. The maximum absolute atomic E-state index is 5.83. The summed E-state index contributed by atoms with van der Waals surface area (Å²) in [4.78, 5) is 2.20. The molecule has 82 valence electrons. The Kier molecular flexibility index (Phi) is 3.98. The Morgan fingerprint density at radius 3 is 1.31 bits per heavy atom. The van der Waals surface area contributed by atoms with E-state index in [1.54, 1.807) is 0 Å². The van der Waals surface area contributed by atoms with Crippen LogP contribution in [0.15, 0.2) is 58.3 Å². The number of benzene rings is 2. The van der Waals surface area contributed by atoms with Crippen molar-refractivity contribution in [2.75, 3.05) is 0 Å². The topological polar surface area (TPSA) is 0 Å². The van der Waals surface area contributed by atoms with Crippen molar-refractivity contribution in [2.24, 2.45) is 0 Å². The standard InChI is InChI=1S/C12H8Cl2S2/c13-9-1-5-11(6-2-9)16(15)12-7-3-10(14)4-8-12/h1-8H. The second-order valence-electron chi connectivity index (χ2n) is 3.18. The fourth-order valence-corrected chi connectivity index (χ4v) is 3.21. The summed E-state index contributed by atoms with van der Waals surface area (Å²) in [6, 6.07) is 15.3. The highest BCUT2D eigenvalue weighted by Crippen LogP contribution is 2.20. The Morgan fingerprint density at radius 1 is 0.688 bits per heavy atom. The summed E-state index contributed by atoms with van der Waals surface area (Å²) in [5.74, 6) is 0. The van der Waals surface area contributed by atoms with Gasteiger partial charge < -0.3 is 0 Å². The molecule has 0 saturated carbocycles. The van der Waals surface area contributed by atoms with Gasteiger partial charge in [0.25, 0.3) is 0 Å². The number of hydrogen-bond acceptors (Lipinski definition) is 1. The van der Waals surface area contributed by atoms with Crippen molar-refractivity contribution in [3.8, 4) is 0 Å². The van der Waals surface area contributed by atoms with Crippen molar-refractivity contribution in [1.82, 2.24) is 0 Å². The van der Waals surface area contributed by atoms with Crippen molar-refractivity contribution < 1.29 is 0 Å². The highest BCUT2D eigenvalue weighted by Gasteiger charge is 2.02. The summed E-state index contributed by atoms with van der Waals surface area (Å²) in [7, 11) is -0.347. The fraction of sp³-hybridized carbons (Fsp3) is 0. The van der Waals surface area contributed by atoms with Crippen LogP contribution in [-0.4, -0.2) is 0 Å². The second kappa shape index (κ2) is 5.28. The van der Waals surface area contributed by atoms with Crippen LogP contribution in [0.4, 0.5) is 0 Å². The molecular weight excluding hydrogens is 279 g/mol. The summed E-state index contributed by atoms with van der Waals surface area (Å²) >= 11 is 17.2. The van der Waals surface area contributed by atoms with E-state index < -0.39 is 0 Å². The molecule has 0 fully saturated rings. The molecule has 2 rings (SSSR count). The predicted molar refractivity (Wildman–Crippen MR) is 74.2 cm³/mol. The van der Waals surface area contributed by atoms with E-state index in [0.717, 1.165) is 19.8 Å². The van der Waals surface area contributed by atoms with Crippen LogP contribution in [0, 0.1) is 0 Å². The molecular formula is C12H8Cl2S2. The number of halogens is 2. The molecule has 0 heterocycles. The van der Waals surface area contributed by atoms with Gasteiger partial charge in [-0.3, -0.25) is 0 Å². The van der Waals surface area contributed by atoms with Gasteiger partial charge in [0, 0.05) is 19.8 Å². The van der Waals surface area contributed by atoms with Gasteiger partial charge in [-0.2, -0.15) is 0 Å². The van der Waals surface area contributed by atoms with Gasteiger partial charge in [0.05, 0.1) is 0 Å². The largest absolute Gasteiger partial charge is 0.0843 e. The molecule has 0 nitrogen and oxygen atoms in total. The molecule has 0 aliphatic heterocycles. The van der Waals surface area contributed by atoms with Crippen LogP contribution in [0.3, 0.4) is 0 Å². The molecule has 4 heteroatoms. The van der Waals surface area contributed by atoms with E-state index in [4.69, 9.17) is 34.4 Å². The van der Waals surface area contributed by atoms with E-state index in [1.807, 2.05) is 48.5 Å². The van der Waals surface area contributed by atoms with Crippen molar-refractivity contribution in [3.05, 3.63) is 58.6 Å². The zero-order valence-electron chi connectivity index (χ0n) is 8.19. The van der Waals surface area contributed by atoms with Crippen LogP contribution in [0.1, 0.15) is 0 Å². The Morgan fingerprint density at radius 2 is 1.00 bits per heavy atom. The predicted octanol–water partition coefficient (Wildman–Crippen LogP) is 4.49. The summed E-state index contributed by atoms with van der Waals surface area (Å²) < 4.78 is 0. The van der Waals surface area contributed by atoms with E-state index in [1.165, 1.54) is 0 Å². The lowest BCUT2D eigenvalue weighted by Crippen LogP contribution is -1.90. The van der Waals surface area contributed by atoms with Crippen molar-refractivity contribution in [2.45, 2.75) is 9.79 Å². The number of rotatable bonds is 2. The first-order valence-corrected chi connectivity index (χ1v) is 7.50. The molecule has 2 aromatic rings. The van der Waals surface area contributed by atoms with Gasteiger partial charge in [0.2, 0.25) is 0 Å². The first-order valence-electron chi connectivity index (χ1n) is 4.60. The minimum Gasteiger partial charge on any atom is -0.0843 e. The van der Waals surface area contributed by atoms with Crippen LogP contribution in [-0.2, 0) is 20.6 Å². The molecule has 0 N–H and O–H groups in total. The second-order valence-corrected chi connectivity index (χ2v) is 6.53. The highest BCUT2D eigenvalue weighted by atomic mass is 35.5. The van der Waals surface area contributed by atoms with Gasteiger partial charge in [-0.25, -0.2) is 0 Å². The van der Waals surface area contributed by atoms with E-state index in [-0.39, 0.29) is 9.45 Å². The van der Waals surface area contributed by atoms with E-state index in [2.05, 4.69) is 0 Å². The van der Waals surface area contributed by atoms with Crippen molar-refractivity contribution in [3.63, 3.8) is 0 Å². The Hall–Kier alpha value is -0.410. The lowest BCUT2D eigenvalue weighted by molar-refractivity contribution is 1.40. The Labute approximate surface area is 112 Å². The zero-order valence-corrected chi connectivity index (χ0v) is 11.3. The maximum atomic E-state index is 5.83. The minimum absolute atomic E-state index is 0.347. The minimum atomic E-state index is -0.347. The SMILES string of the molecule is S=S(c1ccc(Cl)cc1)c1ccc(Cl)cc1. The van der Waals surface area contributed by atoms with Crippen LogP contribution < -0.4 is 0 Å². The smallest absolute Gasteiger partial charge is 0.0406 e. The quantitative estimate of drug-likeness (QED) is 0.784. The average Bonchev–Trinajstić information content (AvgIpc) is 2.30.